The standard InChI is InChI=1S/C30H30N2O3S/c1-3-14-35-27-13-12-21(29-16-20-8-4-7-11-28(20)36-29)15-23(27)30(34)32-26(18-33)19(2)24-17-31-25-10-6-5-9-22(24)25/h4-13,15-17,19,26,31,33H,3,14,18H2,1-2H3,(H,32,34)/t19-,26?/m1/s1. The second-order valence-corrected chi connectivity index (χ2v) is 10.1. The first-order valence-corrected chi connectivity index (χ1v) is 13.1. The van der Waals surface area contributed by atoms with Crippen molar-refractivity contribution in [1.82, 2.24) is 10.3 Å². The minimum Gasteiger partial charge on any atom is -0.493 e. The van der Waals surface area contributed by atoms with Crippen molar-refractivity contribution in [2.24, 2.45) is 0 Å². The van der Waals surface area contributed by atoms with Gasteiger partial charge in [0.15, 0.2) is 0 Å². The highest BCUT2D eigenvalue weighted by Crippen LogP contribution is 2.36. The molecule has 0 aliphatic carbocycles. The number of benzene rings is 3. The van der Waals surface area contributed by atoms with Crippen LogP contribution in [0.25, 0.3) is 31.4 Å². The van der Waals surface area contributed by atoms with Gasteiger partial charge in [-0.15, -0.1) is 11.3 Å². The summed E-state index contributed by atoms with van der Waals surface area (Å²) >= 11 is 1.70. The van der Waals surface area contributed by atoms with Crippen molar-refractivity contribution in [1.29, 1.82) is 0 Å². The monoisotopic (exact) mass is 498 g/mol. The van der Waals surface area contributed by atoms with Gasteiger partial charge in [0.25, 0.3) is 5.91 Å². The first-order valence-electron chi connectivity index (χ1n) is 12.3. The van der Waals surface area contributed by atoms with Crippen molar-refractivity contribution in [2.75, 3.05) is 13.2 Å². The van der Waals surface area contributed by atoms with Gasteiger partial charge >= 0.3 is 0 Å². The molecule has 0 aliphatic heterocycles. The van der Waals surface area contributed by atoms with Crippen LogP contribution in [0.1, 0.15) is 42.1 Å². The number of H-pyrrole nitrogens is 1. The maximum absolute atomic E-state index is 13.6. The summed E-state index contributed by atoms with van der Waals surface area (Å²) in [6, 6.07) is 23.8. The summed E-state index contributed by atoms with van der Waals surface area (Å²) in [6.07, 6.45) is 2.80. The molecule has 36 heavy (non-hydrogen) atoms. The fourth-order valence-corrected chi connectivity index (χ4v) is 5.64. The zero-order valence-electron chi connectivity index (χ0n) is 20.5. The summed E-state index contributed by atoms with van der Waals surface area (Å²) in [5.74, 6) is 0.200. The van der Waals surface area contributed by atoms with Gasteiger partial charge in [0, 0.05) is 32.6 Å². The normalized spacial score (nSPS) is 13.1. The van der Waals surface area contributed by atoms with Crippen LogP contribution in [0.15, 0.2) is 79.0 Å². The van der Waals surface area contributed by atoms with Crippen LogP contribution in [0.3, 0.4) is 0 Å². The number of carbonyl (C=O) groups is 1. The Labute approximate surface area is 214 Å². The molecule has 0 saturated heterocycles. The number of aromatic nitrogens is 1. The summed E-state index contributed by atoms with van der Waals surface area (Å²) in [5.41, 5.74) is 3.54. The van der Waals surface area contributed by atoms with E-state index in [4.69, 9.17) is 4.74 Å². The van der Waals surface area contributed by atoms with Gasteiger partial charge in [-0.2, -0.15) is 0 Å². The molecule has 0 spiro atoms. The summed E-state index contributed by atoms with van der Waals surface area (Å²) in [4.78, 5) is 18.0. The number of aromatic amines is 1. The fourth-order valence-electron chi connectivity index (χ4n) is 4.59. The van der Waals surface area contributed by atoms with E-state index in [1.54, 1.807) is 11.3 Å². The molecule has 0 fully saturated rings. The lowest BCUT2D eigenvalue weighted by molar-refractivity contribution is 0.0903. The highest BCUT2D eigenvalue weighted by Gasteiger charge is 2.25. The molecule has 0 saturated carbocycles. The number of fused-ring (bicyclic) bond motifs is 2. The van der Waals surface area contributed by atoms with E-state index in [1.165, 1.54) is 10.1 Å². The zero-order valence-corrected chi connectivity index (χ0v) is 21.3. The second-order valence-electron chi connectivity index (χ2n) is 9.05. The van der Waals surface area contributed by atoms with Gasteiger partial charge in [-0.3, -0.25) is 4.79 Å². The van der Waals surface area contributed by atoms with Crippen LogP contribution >= 0.6 is 11.3 Å². The Hall–Kier alpha value is -3.61. The Balaban J connectivity index is 1.45. The molecule has 2 heterocycles. The van der Waals surface area contributed by atoms with Crippen molar-refractivity contribution in [3.8, 4) is 16.2 Å². The number of aliphatic hydroxyl groups is 1. The Kier molecular flexibility index (Phi) is 7.07. The number of ether oxygens (including phenoxy) is 1. The molecule has 0 radical (unpaired) electrons. The van der Waals surface area contributed by atoms with Crippen LogP contribution in [0, 0.1) is 0 Å². The molecule has 3 N–H and O–H groups in total. The lowest BCUT2D eigenvalue weighted by atomic mass is 9.93. The van der Waals surface area contributed by atoms with Crippen molar-refractivity contribution in [2.45, 2.75) is 32.2 Å². The van der Waals surface area contributed by atoms with Gasteiger partial charge in [0.2, 0.25) is 0 Å². The lowest BCUT2D eigenvalue weighted by Crippen LogP contribution is -2.41. The Morgan fingerprint density at radius 1 is 1.08 bits per heavy atom. The highest BCUT2D eigenvalue weighted by atomic mass is 32.1. The van der Waals surface area contributed by atoms with Gasteiger partial charge < -0.3 is 20.1 Å². The smallest absolute Gasteiger partial charge is 0.255 e. The van der Waals surface area contributed by atoms with Crippen molar-refractivity contribution < 1.29 is 14.6 Å². The fraction of sp³-hybridized carbons (Fsp3) is 0.233. The minimum atomic E-state index is -0.455. The number of para-hydroxylation sites is 1. The number of carbonyl (C=O) groups excluding carboxylic acids is 1. The van der Waals surface area contributed by atoms with Crippen LogP contribution < -0.4 is 10.1 Å². The summed E-state index contributed by atoms with van der Waals surface area (Å²) in [6.45, 7) is 4.42. The third-order valence-electron chi connectivity index (χ3n) is 6.62. The Morgan fingerprint density at radius 3 is 2.69 bits per heavy atom. The topological polar surface area (TPSA) is 74.3 Å². The molecule has 0 bridgehead atoms. The first kappa shape index (κ1) is 24.1. The summed E-state index contributed by atoms with van der Waals surface area (Å²) in [5, 5.41) is 15.6. The molecule has 5 nitrogen and oxygen atoms in total. The average Bonchev–Trinajstić information content (AvgIpc) is 3.54. The van der Waals surface area contributed by atoms with Crippen molar-refractivity contribution >= 4 is 38.2 Å². The summed E-state index contributed by atoms with van der Waals surface area (Å²) < 4.78 is 7.14. The van der Waals surface area contributed by atoms with E-state index in [9.17, 15) is 9.90 Å². The predicted octanol–water partition coefficient (Wildman–Crippen LogP) is 6.73. The highest BCUT2D eigenvalue weighted by molar-refractivity contribution is 7.22. The van der Waals surface area contributed by atoms with Gasteiger partial charge in [-0.1, -0.05) is 50.2 Å². The van der Waals surface area contributed by atoms with Crippen LogP contribution in [0.5, 0.6) is 5.75 Å². The molecule has 3 aromatic carbocycles. The number of thiophene rings is 1. The molecular weight excluding hydrogens is 468 g/mol. The number of hydrogen-bond donors (Lipinski definition) is 3. The molecule has 5 aromatic rings. The Morgan fingerprint density at radius 2 is 1.89 bits per heavy atom. The van der Waals surface area contributed by atoms with Crippen LogP contribution in [-0.4, -0.2) is 35.3 Å². The molecule has 1 amide bonds. The van der Waals surface area contributed by atoms with Gasteiger partial charge in [-0.05, 0) is 59.3 Å². The molecule has 6 heteroatoms. The molecule has 2 atom stereocenters. The largest absolute Gasteiger partial charge is 0.493 e. The van der Waals surface area contributed by atoms with E-state index >= 15 is 0 Å². The van der Waals surface area contributed by atoms with Crippen molar-refractivity contribution in [3.63, 3.8) is 0 Å². The number of rotatable bonds is 9. The van der Waals surface area contributed by atoms with Gasteiger partial charge in [0.05, 0.1) is 24.8 Å². The maximum Gasteiger partial charge on any atom is 0.255 e. The molecule has 184 valence electrons. The molecular formula is C30H30N2O3S. The van der Waals surface area contributed by atoms with Crippen LogP contribution in [-0.2, 0) is 0 Å². The zero-order chi connectivity index (χ0) is 25.1. The first-order chi connectivity index (χ1) is 17.6. The summed E-state index contributed by atoms with van der Waals surface area (Å²) in [7, 11) is 0. The Bertz CT molecular complexity index is 1470. The van der Waals surface area contributed by atoms with Crippen LogP contribution in [0.2, 0.25) is 0 Å². The third kappa shape index (κ3) is 4.74. The van der Waals surface area contributed by atoms with Gasteiger partial charge in [0.1, 0.15) is 5.75 Å². The lowest BCUT2D eigenvalue weighted by Gasteiger charge is -2.24. The molecule has 1 unspecified atom stereocenters. The molecule has 2 aromatic heterocycles. The quantitative estimate of drug-likeness (QED) is 0.211. The minimum absolute atomic E-state index is 0.0964. The second kappa shape index (κ2) is 10.6. The number of amides is 1. The predicted molar refractivity (Wildman–Crippen MR) is 148 cm³/mol. The molecule has 0 aliphatic rings. The number of aliphatic hydroxyl groups excluding tert-OH is 1. The molecule has 5 rings (SSSR count). The maximum atomic E-state index is 13.6. The average molecular weight is 499 g/mol. The van der Waals surface area contributed by atoms with E-state index in [2.05, 4.69) is 34.6 Å². The van der Waals surface area contributed by atoms with E-state index in [-0.39, 0.29) is 18.4 Å². The van der Waals surface area contributed by atoms with E-state index in [1.807, 2.05) is 68.6 Å². The van der Waals surface area contributed by atoms with Crippen LogP contribution in [0.4, 0.5) is 0 Å². The number of hydrogen-bond acceptors (Lipinski definition) is 4. The van der Waals surface area contributed by atoms with E-state index in [0.29, 0.717) is 17.9 Å². The SMILES string of the molecule is CCCOc1ccc(-c2cc3ccccc3s2)cc1C(=O)NC(CO)[C@H](C)c1c[nH]c2ccccc12. The third-order valence-corrected chi connectivity index (χ3v) is 7.79. The van der Waals surface area contributed by atoms with Gasteiger partial charge in [-0.25, -0.2) is 0 Å². The number of nitrogens with one attached hydrogen (secondary N) is 2. The van der Waals surface area contributed by atoms with E-state index in [0.717, 1.165) is 33.3 Å². The van der Waals surface area contributed by atoms with Crippen molar-refractivity contribution in [3.05, 3.63) is 90.1 Å². The van der Waals surface area contributed by atoms with E-state index < -0.39 is 6.04 Å².